The van der Waals surface area contributed by atoms with Gasteiger partial charge in [0.1, 0.15) is 0 Å². The van der Waals surface area contributed by atoms with Crippen molar-refractivity contribution < 1.29 is 0 Å². The molecule has 0 aromatic rings. The van der Waals surface area contributed by atoms with Crippen LogP contribution in [-0.4, -0.2) is 45.2 Å². The molecule has 0 amide bonds. The SMILES string of the molecule is C=C(CNC1CCC(CN(C)C)CC1)NC. The molecule has 0 atom stereocenters. The van der Waals surface area contributed by atoms with Gasteiger partial charge in [-0.3, -0.25) is 0 Å². The minimum Gasteiger partial charge on any atom is -0.391 e. The Morgan fingerprint density at radius 3 is 2.38 bits per heavy atom. The predicted molar refractivity (Wildman–Crippen MR) is 70.5 cm³/mol. The highest BCUT2D eigenvalue weighted by molar-refractivity contribution is 4.93. The number of nitrogens with one attached hydrogen (secondary N) is 2. The van der Waals surface area contributed by atoms with Crippen molar-refractivity contribution in [2.75, 3.05) is 34.2 Å². The number of hydrogen-bond acceptors (Lipinski definition) is 3. The van der Waals surface area contributed by atoms with E-state index in [0.717, 1.165) is 18.2 Å². The van der Waals surface area contributed by atoms with Crippen LogP contribution in [0, 0.1) is 5.92 Å². The lowest BCUT2D eigenvalue weighted by Crippen LogP contribution is -2.37. The van der Waals surface area contributed by atoms with Crippen molar-refractivity contribution in [1.82, 2.24) is 15.5 Å². The molecule has 3 nitrogen and oxygen atoms in total. The van der Waals surface area contributed by atoms with Crippen LogP contribution in [0.3, 0.4) is 0 Å². The highest BCUT2D eigenvalue weighted by Crippen LogP contribution is 2.24. The lowest BCUT2D eigenvalue weighted by Gasteiger charge is -2.31. The van der Waals surface area contributed by atoms with E-state index in [1.807, 2.05) is 7.05 Å². The third-order valence-electron chi connectivity index (χ3n) is 3.43. The first kappa shape index (κ1) is 13.5. The zero-order chi connectivity index (χ0) is 12.0. The monoisotopic (exact) mass is 225 g/mol. The van der Waals surface area contributed by atoms with Gasteiger partial charge < -0.3 is 15.5 Å². The van der Waals surface area contributed by atoms with Crippen LogP contribution in [0.15, 0.2) is 12.3 Å². The molecule has 0 spiro atoms. The van der Waals surface area contributed by atoms with Crippen LogP contribution in [-0.2, 0) is 0 Å². The quantitative estimate of drug-likeness (QED) is 0.716. The molecule has 0 aliphatic heterocycles. The van der Waals surface area contributed by atoms with E-state index in [1.165, 1.54) is 32.2 Å². The average Bonchev–Trinajstić information content (AvgIpc) is 2.27. The van der Waals surface area contributed by atoms with Crippen molar-refractivity contribution in [2.45, 2.75) is 31.7 Å². The molecule has 1 aliphatic rings. The Hall–Kier alpha value is -0.540. The fourth-order valence-electron chi connectivity index (χ4n) is 2.42. The van der Waals surface area contributed by atoms with Gasteiger partial charge in [-0.25, -0.2) is 0 Å². The van der Waals surface area contributed by atoms with Crippen molar-refractivity contribution in [3.63, 3.8) is 0 Å². The van der Waals surface area contributed by atoms with Crippen molar-refractivity contribution in [3.05, 3.63) is 12.3 Å². The predicted octanol–water partition coefficient (Wildman–Crippen LogP) is 1.43. The van der Waals surface area contributed by atoms with E-state index >= 15 is 0 Å². The van der Waals surface area contributed by atoms with Crippen LogP contribution in [0.25, 0.3) is 0 Å². The topological polar surface area (TPSA) is 27.3 Å². The molecule has 1 aliphatic carbocycles. The standard InChI is InChI=1S/C13H27N3/c1-11(14-2)9-15-13-7-5-12(6-8-13)10-16(3)4/h12-15H,1,5-10H2,2-4H3. The normalized spacial score (nSPS) is 25.8. The molecule has 94 valence electrons. The van der Waals surface area contributed by atoms with Gasteiger partial charge >= 0.3 is 0 Å². The lowest BCUT2D eigenvalue weighted by molar-refractivity contribution is 0.236. The van der Waals surface area contributed by atoms with Crippen molar-refractivity contribution in [1.29, 1.82) is 0 Å². The third-order valence-corrected chi connectivity index (χ3v) is 3.43. The van der Waals surface area contributed by atoms with E-state index < -0.39 is 0 Å². The summed E-state index contributed by atoms with van der Waals surface area (Å²) < 4.78 is 0. The van der Waals surface area contributed by atoms with Gasteiger partial charge in [-0.15, -0.1) is 0 Å². The second-order valence-corrected chi connectivity index (χ2v) is 5.21. The summed E-state index contributed by atoms with van der Waals surface area (Å²) in [4.78, 5) is 2.31. The Morgan fingerprint density at radius 2 is 1.88 bits per heavy atom. The molecule has 0 aromatic carbocycles. The van der Waals surface area contributed by atoms with Crippen LogP contribution in [0.2, 0.25) is 0 Å². The van der Waals surface area contributed by atoms with Crippen LogP contribution in [0.4, 0.5) is 0 Å². The molecule has 0 bridgehead atoms. The summed E-state index contributed by atoms with van der Waals surface area (Å²) >= 11 is 0. The molecule has 3 heteroatoms. The van der Waals surface area contributed by atoms with E-state index in [0.29, 0.717) is 6.04 Å². The molecule has 0 unspecified atom stereocenters. The summed E-state index contributed by atoms with van der Waals surface area (Å²) in [6, 6.07) is 0.698. The minimum absolute atomic E-state index is 0.698. The minimum atomic E-state index is 0.698. The number of nitrogens with zero attached hydrogens (tertiary/aromatic N) is 1. The number of likely N-dealkylation sites (N-methyl/N-ethyl adjacent to an activating group) is 1. The van der Waals surface area contributed by atoms with Gasteiger partial charge in [0.2, 0.25) is 0 Å². The van der Waals surface area contributed by atoms with Crippen molar-refractivity contribution in [3.8, 4) is 0 Å². The van der Waals surface area contributed by atoms with Gasteiger partial charge in [-0.1, -0.05) is 6.58 Å². The molecular formula is C13H27N3. The summed E-state index contributed by atoms with van der Waals surface area (Å²) in [7, 11) is 6.26. The van der Waals surface area contributed by atoms with E-state index in [9.17, 15) is 0 Å². The van der Waals surface area contributed by atoms with E-state index in [-0.39, 0.29) is 0 Å². The molecule has 0 heterocycles. The number of hydrogen-bond donors (Lipinski definition) is 2. The molecular weight excluding hydrogens is 198 g/mol. The Kier molecular flexibility index (Phi) is 5.85. The lowest BCUT2D eigenvalue weighted by atomic mass is 9.86. The van der Waals surface area contributed by atoms with E-state index in [1.54, 1.807) is 0 Å². The molecule has 16 heavy (non-hydrogen) atoms. The van der Waals surface area contributed by atoms with Crippen LogP contribution < -0.4 is 10.6 Å². The smallest absolute Gasteiger partial charge is 0.0350 e. The Morgan fingerprint density at radius 1 is 1.25 bits per heavy atom. The van der Waals surface area contributed by atoms with Gasteiger partial charge in [0.05, 0.1) is 0 Å². The zero-order valence-electron chi connectivity index (χ0n) is 11.1. The first-order chi connectivity index (χ1) is 7.61. The van der Waals surface area contributed by atoms with E-state index in [2.05, 4.69) is 36.2 Å². The van der Waals surface area contributed by atoms with Gasteiger partial charge in [0, 0.05) is 31.9 Å². The van der Waals surface area contributed by atoms with Crippen LogP contribution in [0.5, 0.6) is 0 Å². The van der Waals surface area contributed by atoms with Gasteiger partial charge in [0.15, 0.2) is 0 Å². The second-order valence-electron chi connectivity index (χ2n) is 5.21. The maximum Gasteiger partial charge on any atom is 0.0350 e. The highest BCUT2D eigenvalue weighted by Gasteiger charge is 2.20. The maximum atomic E-state index is 3.93. The number of rotatable bonds is 6. The Balaban J connectivity index is 2.14. The molecule has 1 fully saturated rings. The van der Waals surface area contributed by atoms with Crippen LogP contribution in [0.1, 0.15) is 25.7 Å². The fraction of sp³-hybridized carbons (Fsp3) is 0.846. The van der Waals surface area contributed by atoms with Crippen LogP contribution >= 0.6 is 0 Å². The van der Waals surface area contributed by atoms with Crippen molar-refractivity contribution in [2.24, 2.45) is 5.92 Å². The first-order valence-corrected chi connectivity index (χ1v) is 6.35. The highest BCUT2D eigenvalue weighted by atomic mass is 15.1. The van der Waals surface area contributed by atoms with Gasteiger partial charge in [-0.2, -0.15) is 0 Å². The average molecular weight is 225 g/mol. The molecule has 2 N–H and O–H groups in total. The summed E-state index contributed by atoms with van der Waals surface area (Å²) in [6.45, 7) is 6.08. The second kappa shape index (κ2) is 6.92. The largest absolute Gasteiger partial charge is 0.391 e. The van der Waals surface area contributed by atoms with Gasteiger partial charge in [-0.05, 0) is 45.7 Å². The molecule has 0 saturated heterocycles. The Bertz CT molecular complexity index is 205. The van der Waals surface area contributed by atoms with E-state index in [4.69, 9.17) is 0 Å². The van der Waals surface area contributed by atoms with Gasteiger partial charge in [0.25, 0.3) is 0 Å². The fourth-order valence-corrected chi connectivity index (χ4v) is 2.42. The molecule has 1 rings (SSSR count). The summed E-state index contributed by atoms with van der Waals surface area (Å²) in [5, 5.41) is 6.65. The molecule has 0 aromatic heterocycles. The zero-order valence-corrected chi connectivity index (χ0v) is 11.1. The summed E-state index contributed by atoms with van der Waals surface area (Å²) in [6.07, 6.45) is 5.36. The third kappa shape index (κ3) is 4.99. The first-order valence-electron chi connectivity index (χ1n) is 6.35. The Labute approximate surface area is 100 Å². The summed E-state index contributed by atoms with van der Waals surface area (Å²) in [5.41, 5.74) is 1.08. The maximum absolute atomic E-state index is 3.93. The summed E-state index contributed by atoms with van der Waals surface area (Å²) in [5.74, 6) is 0.903. The van der Waals surface area contributed by atoms with Crippen molar-refractivity contribution >= 4 is 0 Å². The molecule has 0 radical (unpaired) electrons. The molecule has 1 saturated carbocycles.